The normalized spacial score (nSPS) is 16.1. The number of nitrogens with zero attached hydrogens (tertiary/aromatic N) is 2. The SMILES string of the molecule is CCN1CCN(CCC(CC)(CC)CCCCOCCCCC(CC)(CC)CCCCCO)C1. The van der Waals surface area contributed by atoms with E-state index in [2.05, 4.69) is 44.4 Å². The predicted molar refractivity (Wildman–Crippen MR) is 148 cm³/mol. The van der Waals surface area contributed by atoms with E-state index in [0.29, 0.717) is 17.4 Å². The molecule has 1 aliphatic rings. The van der Waals surface area contributed by atoms with Crippen LogP contribution >= 0.6 is 0 Å². The van der Waals surface area contributed by atoms with Gasteiger partial charge in [0.15, 0.2) is 0 Å². The van der Waals surface area contributed by atoms with Gasteiger partial charge in [0.2, 0.25) is 0 Å². The summed E-state index contributed by atoms with van der Waals surface area (Å²) in [4.78, 5) is 5.22. The molecule has 34 heavy (non-hydrogen) atoms. The fourth-order valence-electron chi connectivity index (χ4n) is 6.01. The second kappa shape index (κ2) is 19.0. The molecule has 0 aromatic rings. The fourth-order valence-corrected chi connectivity index (χ4v) is 6.01. The van der Waals surface area contributed by atoms with E-state index < -0.39 is 0 Å². The van der Waals surface area contributed by atoms with Gasteiger partial charge >= 0.3 is 0 Å². The van der Waals surface area contributed by atoms with Crippen LogP contribution in [0.25, 0.3) is 0 Å². The number of hydrogen-bond acceptors (Lipinski definition) is 4. The molecular formula is C30H62N2O2. The van der Waals surface area contributed by atoms with Crippen LogP contribution in [-0.4, -0.2) is 67.6 Å². The first-order valence-corrected chi connectivity index (χ1v) is 15.2. The van der Waals surface area contributed by atoms with E-state index in [1.807, 2.05) is 0 Å². The lowest BCUT2D eigenvalue weighted by Gasteiger charge is -2.34. The maximum Gasteiger partial charge on any atom is 0.0507 e. The highest BCUT2D eigenvalue weighted by molar-refractivity contribution is 4.80. The van der Waals surface area contributed by atoms with Crippen molar-refractivity contribution in [2.24, 2.45) is 10.8 Å². The van der Waals surface area contributed by atoms with Gasteiger partial charge in [0.1, 0.15) is 0 Å². The first kappa shape index (κ1) is 31.9. The van der Waals surface area contributed by atoms with Crippen LogP contribution in [0, 0.1) is 10.8 Å². The molecule has 0 spiro atoms. The summed E-state index contributed by atoms with van der Waals surface area (Å²) in [5.74, 6) is 0. The topological polar surface area (TPSA) is 35.9 Å². The summed E-state index contributed by atoms with van der Waals surface area (Å²) in [5, 5.41) is 9.02. The Kier molecular flexibility index (Phi) is 17.8. The molecule has 204 valence electrons. The fraction of sp³-hybridized carbons (Fsp3) is 1.00. The summed E-state index contributed by atoms with van der Waals surface area (Å²) >= 11 is 0. The van der Waals surface area contributed by atoms with Crippen LogP contribution in [0.1, 0.15) is 131 Å². The largest absolute Gasteiger partial charge is 0.396 e. The Bertz CT molecular complexity index is 463. The average Bonchev–Trinajstić information content (AvgIpc) is 3.35. The maximum atomic E-state index is 9.02. The van der Waals surface area contributed by atoms with Crippen LogP contribution in [0.4, 0.5) is 0 Å². The molecule has 0 bridgehead atoms. The van der Waals surface area contributed by atoms with Crippen molar-refractivity contribution in [3.05, 3.63) is 0 Å². The summed E-state index contributed by atoms with van der Waals surface area (Å²) < 4.78 is 6.03. The molecule has 0 aliphatic carbocycles. The van der Waals surface area contributed by atoms with Gasteiger partial charge in [0, 0.05) is 32.9 Å². The molecule has 0 radical (unpaired) electrons. The molecule has 1 N–H and O–H groups in total. The second-order valence-electron chi connectivity index (χ2n) is 11.2. The zero-order valence-electron chi connectivity index (χ0n) is 24.0. The van der Waals surface area contributed by atoms with Crippen LogP contribution in [-0.2, 0) is 4.74 Å². The highest BCUT2D eigenvalue weighted by Crippen LogP contribution is 2.38. The smallest absolute Gasteiger partial charge is 0.0507 e. The molecule has 0 aromatic carbocycles. The Morgan fingerprint density at radius 3 is 1.59 bits per heavy atom. The zero-order chi connectivity index (χ0) is 25.1. The summed E-state index contributed by atoms with van der Waals surface area (Å²) in [5.41, 5.74) is 1.05. The molecular weight excluding hydrogens is 420 g/mol. The van der Waals surface area contributed by atoms with Gasteiger partial charge in [-0.1, -0.05) is 86.0 Å². The molecule has 0 amide bonds. The van der Waals surface area contributed by atoms with Crippen LogP contribution in [0.15, 0.2) is 0 Å². The van der Waals surface area contributed by atoms with E-state index in [1.165, 1.54) is 123 Å². The van der Waals surface area contributed by atoms with Crippen LogP contribution < -0.4 is 0 Å². The number of rotatable bonds is 23. The lowest BCUT2D eigenvalue weighted by Crippen LogP contribution is -2.30. The maximum absolute atomic E-state index is 9.02. The Labute approximate surface area is 214 Å². The molecule has 1 saturated heterocycles. The zero-order valence-corrected chi connectivity index (χ0v) is 24.0. The predicted octanol–water partition coefficient (Wildman–Crippen LogP) is 7.49. The van der Waals surface area contributed by atoms with Gasteiger partial charge in [-0.2, -0.15) is 0 Å². The van der Waals surface area contributed by atoms with Gasteiger partial charge in [0.05, 0.1) is 6.67 Å². The van der Waals surface area contributed by atoms with E-state index in [0.717, 1.165) is 19.6 Å². The molecule has 1 aliphatic heterocycles. The van der Waals surface area contributed by atoms with Gasteiger partial charge in [-0.05, 0) is 68.9 Å². The van der Waals surface area contributed by atoms with E-state index in [-0.39, 0.29) is 0 Å². The first-order valence-electron chi connectivity index (χ1n) is 15.2. The number of hydrogen-bond donors (Lipinski definition) is 1. The third-order valence-electron chi connectivity index (χ3n) is 9.39. The molecule has 4 heteroatoms. The number of aliphatic hydroxyl groups excluding tert-OH is 1. The van der Waals surface area contributed by atoms with Crippen LogP contribution in [0.5, 0.6) is 0 Å². The molecule has 0 saturated carbocycles. The highest BCUT2D eigenvalue weighted by atomic mass is 16.5. The average molecular weight is 483 g/mol. The number of unbranched alkanes of at least 4 members (excludes halogenated alkanes) is 4. The van der Waals surface area contributed by atoms with Gasteiger partial charge in [-0.25, -0.2) is 0 Å². The minimum atomic E-state index is 0.344. The van der Waals surface area contributed by atoms with E-state index in [9.17, 15) is 0 Å². The molecule has 0 aromatic heterocycles. The van der Waals surface area contributed by atoms with Crippen molar-refractivity contribution in [2.75, 3.05) is 52.7 Å². The Balaban J connectivity index is 2.16. The van der Waals surface area contributed by atoms with Crippen LogP contribution in [0.3, 0.4) is 0 Å². The Morgan fingerprint density at radius 2 is 1.12 bits per heavy atom. The molecule has 0 atom stereocenters. The van der Waals surface area contributed by atoms with Crippen molar-refractivity contribution in [2.45, 2.75) is 131 Å². The standard InChI is InChI=1S/C30H62N2O2/c1-6-29(7-2,18-12-11-15-25-33)19-13-16-26-34-27-17-14-20-30(8-3,9-4)21-22-32-24-23-31(10-5)28-32/h33H,6-28H2,1-5H3. The minimum absolute atomic E-state index is 0.344. The second-order valence-corrected chi connectivity index (χ2v) is 11.2. The third kappa shape index (κ3) is 12.2. The minimum Gasteiger partial charge on any atom is -0.396 e. The van der Waals surface area contributed by atoms with E-state index in [4.69, 9.17) is 9.84 Å². The first-order chi connectivity index (χ1) is 16.5. The highest BCUT2D eigenvalue weighted by Gasteiger charge is 2.28. The molecule has 4 nitrogen and oxygen atoms in total. The third-order valence-corrected chi connectivity index (χ3v) is 9.39. The van der Waals surface area contributed by atoms with Gasteiger partial charge < -0.3 is 9.84 Å². The molecule has 0 unspecified atom stereocenters. The number of aliphatic hydroxyl groups is 1. The lowest BCUT2D eigenvalue weighted by atomic mass is 9.74. The van der Waals surface area contributed by atoms with Crippen molar-refractivity contribution in [3.8, 4) is 0 Å². The Morgan fingerprint density at radius 1 is 0.618 bits per heavy atom. The number of likely N-dealkylation sites (N-methyl/N-ethyl adjacent to an activating group) is 1. The van der Waals surface area contributed by atoms with Crippen molar-refractivity contribution in [1.82, 2.24) is 9.80 Å². The van der Waals surface area contributed by atoms with Gasteiger partial charge in [-0.15, -0.1) is 0 Å². The van der Waals surface area contributed by atoms with Crippen molar-refractivity contribution < 1.29 is 9.84 Å². The Hall–Kier alpha value is -0.160. The summed E-state index contributed by atoms with van der Waals surface area (Å²) in [6, 6.07) is 0. The summed E-state index contributed by atoms with van der Waals surface area (Å²) in [6.45, 7) is 20.2. The monoisotopic (exact) mass is 482 g/mol. The number of ether oxygens (including phenoxy) is 1. The van der Waals surface area contributed by atoms with Gasteiger partial charge in [0.25, 0.3) is 0 Å². The molecule has 1 heterocycles. The lowest BCUT2D eigenvalue weighted by molar-refractivity contribution is 0.111. The summed E-state index contributed by atoms with van der Waals surface area (Å²) in [7, 11) is 0. The summed E-state index contributed by atoms with van der Waals surface area (Å²) in [6.07, 6.45) is 19.0. The van der Waals surface area contributed by atoms with E-state index >= 15 is 0 Å². The van der Waals surface area contributed by atoms with Crippen molar-refractivity contribution in [1.29, 1.82) is 0 Å². The molecule has 1 fully saturated rings. The molecule has 1 rings (SSSR count). The quantitative estimate of drug-likeness (QED) is 0.153. The van der Waals surface area contributed by atoms with Crippen LogP contribution in [0.2, 0.25) is 0 Å². The van der Waals surface area contributed by atoms with Crippen molar-refractivity contribution >= 4 is 0 Å². The van der Waals surface area contributed by atoms with Gasteiger partial charge in [-0.3, -0.25) is 9.80 Å². The van der Waals surface area contributed by atoms with Crippen molar-refractivity contribution in [3.63, 3.8) is 0 Å². The van der Waals surface area contributed by atoms with E-state index in [1.54, 1.807) is 0 Å².